The number of rotatable bonds is 2. The van der Waals surface area contributed by atoms with Crippen molar-refractivity contribution in [3.8, 4) is 0 Å². The molecule has 2 N–H and O–H groups in total. The summed E-state index contributed by atoms with van der Waals surface area (Å²) in [6.45, 7) is 0. The van der Waals surface area contributed by atoms with Crippen molar-refractivity contribution < 1.29 is 27.6 Å². The maximum absolute atomic E-state index is 12.5. The number of amides is 4. The molecule has 4 amide bonds. The number of amidine groups is 1. The monoisotopic (exact) mass is 340 g/mol. The molecule has 10 heteroatoms. The van der Waals surface area contributed by atoms with Crippen LogP contribution in [0.1, 0.15) is 11.1 Å². The van der Waals surface area contributed by atoms with E-state index in [-0.39, 0.29) is 12.0 Å². The highest BCUT2D eigenvalue weighted by molar-refractivity contribution is 6.69. The first-order valence-corrected chi connectivity index (χ1v) is 6.54. The van der Waals surface area contributed by atoms with Crippen LogP contribution in [0.15, 0.2) is 34.3 Å². The zero-order valence-corrected chi connectivity index (χ0v) is 12.3. The van der Waals surface area contributed by atoms with Crippen LogP contribution in [0.3, 0.4) is 0 Å². The molecule has 0 fully saturated rings. The number of halogens is 3. The number of carbonyl (C=O) groups excluding carboxylic acids is 3. The number of hydrogen-bond acceptors (Lipinski definition) is 4. The zero-order valence-electron chi connectivity index (χ0n) is 12.3. The molecule has 0 bridgehead atoms. The Bertz CT molecular complexity index is 766. The van der Waals surface area contributed by atoms with Gasteiger partial charge in [0.05, 0.1) is 12.0 Å². The minimum absolute atomic E-state index is 0.278. The van der Waals surface area contributed by atoms with Crippen molar-refractivity contribution in [1.29, 1.82) is 0 Å². The molecule has 0 radical (unpaired) electrons. The third-order valence-electron chi connectivity index (χ3n) is 3.13. The van der Waals surface area contributed by atoms with Crippen LogP contribution < -0.4 is 5.73 Å². The molecule has 2 rings (SSSR count). The fourth-order valence-electron chi connectivity index (χ4n) is 1.84. The van der Waals surface area contributed by atoms with Crippen LogP contribution in [0, 0.1) is 0 Å². The Morgan fingerprint density at radius 1 is 1.25 bits per heavy atom. The first kappa shape index (κ1) is 17.3. The fourth-order valence-corrected chi connectivity index (χ4v) is 1.84. The second-order valence-electron chi connectivity index (χ2n) is 4.87. The third-order valence-corrected chi connectivity index (χ3v) is 3.13. The molecule has 1 heterocycles. The van der Waals surface area contributed by atoms with Crippen molar-refractivity contribution in [2.45, 2.75) is 12.6 Å². The van der Waals surface area contributed by atoms with Crippen molar-refractivity contribution in [2.75, 3.05) is 7.05 Å². The van der Waals surface area contributed by atoms with Gasteiger partial charge >= 0.3 is 12.2 Å². The maximum atomic E-state index is 12.5. The molecule has 0 unspecified atom stereocenters. The highest BCUT2D eigenvalue weighted by Crippen LogP contribution is 2.29. The summed E-state index contributed by atoms with van der Waals surface area (Å²) in [6, 6.07) is 3.06. The van der Waals surface area contributed by atoms with E-state index in [1.165, 1.54) is 0 Å². The molecule has 1 aromatic carbocycles. The smallest absolute Gasteiger partial charge is 0.382 e. The van der Waals surface area contributed by atoms with Crippen LogP contribution in [0.5, 0.6) is 0 Å². The Balaban J connectivity index is 2.17. The van der Waals surface area contributed by atoms with Crippen molar-refractivity contribution >= 4 is 29.4 Å². The molecule has 24 heavy (non-hydrogen) atoms. The van der Waals surface area contributed by atoms with Gasteiger partial charge in [-0.2, -0.15) is 18.2 Å². The lowest BCUT2D eigenvalue weighted by Crippen LogP contribution is -2.48. The maximum Gasteiger partial charge on any atom is 0.416 e. The number of carbonyl (C=O) groups is 3. The van der Waals surface area contributed by atoms with E-state index in [2.05, 4.69) is 9.98 Å². The van der Waals surface area contributed by atoms with E-state index in [9.17, 15) is 27.6 Å². The number of nitrogens with zero attached hydrogens (tertiary/aromatic N) is 3. The second-order valence-corrected chi connectivity index (χ2v) is 4.87. The molecule has 1 aromatic rings. The van der Waals surface area contributed by atoms with Gasteiger partial charge in [0.25, 0.3) is 11.8 Å². The number of alkyl halides is 3. The highest BCUT2D eigenvalue weighted by atomic mass is 19.4. The van der Waals surface area contributed by atoms with Crippen LogP contribution in [0.25, 0.3) is 0 Å². The standard InChI is InChI=1S/C14H11F3N4O3/c1-21-12(23)10(11(18)20-13(21)24)19-9(22)6-7-2-4-8(5-3-7)14(15,16)17/h2-5H,6H2,1H3,(H2,18,20,24). The Hall–Kier alpha value is -3.04. The van der Waals surface area contributed by atoms with Gasteiger partial charge in [-0.1, -0.05) is 12.1 Å². The quantitative estimate of drug-likeness (QED) is 0.872. The number of aliphatic imine (C=N–C) groups is 2. The first-order chi connectivity index (χ1) is 11.1. The molecule has 0 saturated heterocycles. The SMILES string of the molecule is CN1C(=O)N=C(N)C(=NC(=O)Cc2ccc(C(F)(F)F)cc2)C1=O. The van der Waals surface area contributed by atoms with Crippen LogP contribution >= 0.6 is 0 Å². The lowest BCUT2D eigenvalue weighted by molar-refractivity contribution is -0.137. The van der Waals surface area contributed by atoms with Gasteiger partial charge in [-0.15, -0.1) is 0 Å². The first-order valence-electron chi connectivity index (χ1n) is 6.54. The summed E-state index contributed by atoms with van der Waals surface area (Å²) >= 11 is 0. The molecular formula is C14H11F3N4O3. The summed E-state index contributed by atoms with van der Waals surface area (Å²) in [5.41, 5.74) is 4.36. The normalized spacial score (nSPS) is 17.2. The van der Waals surface area contributed by atoms with E-state index in [0.29, 0.717) is 4.90 Å². The van der Waals surface area contributed by atoms with Crippen molar-refractivity contribution in [3.05, 3.63) is 35.4 Å². The lowest BCUT2D eigenvalue weighted by atomic mass is 10.1. The molecule has 1 aliphatic heterocycles. The summed E-state index contributed by atoms with van der Waals surface area (Å²) in [5, 5.41) is 0. The summed E-state index contributed by atoms with van der Waals surface area (Å²) in [6.07, 6.45) is -4.81. The number of hydrogen-bond donors (Lipinski definition) is 1. The summed E-state index contributed by atoms with van der Waals surface area (Å²) in [7, 11) is 1.15. The van der Waals surface area contributed by atoms with Gasteiger partial charge in [-0.05, 0) is 17.7 Å². The van der Waals surface area contributed by atoms with Crippen LogP contribution in [-0.2, 0) is 22.2 Å². The van der Waals surface area contributed by atoms with Gasteiger partial charge in [0.1, 0.15) is 0 Å². The van der Waals surface area contributed by atoms with E-state index >= 15 is 0 Å². The predicted octanol–water partition coefficient (Wildman–Crippen LogP) is 1.16. The minimum atomic E-state index is -4.47. The lowest BCUT2D eigenvalue weighted by Gasteiger charge is -2.18. The van der Waals surface area contributed by atoms with Crippen molar-refractivity contribution in [1.82, 2.24) is 4.90 Å². The molecule has 1 aliphatic rings. The van der Waals surface area contributed by atoms with E-state index < -0.39 is 41.1 Å². The van der Waals surface area contributed by atoms with Crippen molar-refractivity contribution in [2.24, 2.45) is 15.7 Å². The highest BCUT2D eigenvalue weighted by Gasteiger charge is 2.31. The van der Waals surface area contributed by atoms with Crippen LogP contribution in [0.4, 0.5) is 18.0 Å². The fraction of sp³-hybridized carbons (Fsp3) is 0.214. The van der Waals surface area contributed by atoms with Crippen LogP contribution in [-0.4, -0.2) is 41.3 Å². The average molecular weight is 340 g/mol. The van der Waals surface area contributed by atoms with Gasteiger partial charge in [-0.3, -0.25) is 14.5 Å². The third kappa shape index (κ3) is 3.65. The largest absolute Gasteiger partial charge is 0.416 e. The summed E-state index contributed by atoms with van der Waals surface area (Å²) in [4.78, 5) is 42.4. The second kappa shape index (κ2) is 6.22. The molecule has 0 aromatic heterocycles. The molecule has 0 aliphatic carbocycles. The Kier molecular flexibility index (Phi) is 4.49. The number of urea groups is 1. The van der Waals surface area contributed by atoms with Gasteiger partial charge < -0.3 is 5.73 Å². The van der Waals surface area contributed by atoms with Crippen molar-refractivity contribution in [3.63, 3.8) is 0 Å². The Morgan fingerprint density at radius 3 is 2.38 bits per heavy atom. The Morgan fingerprint density at radius 2 is 1.83 bits per heavy atom. The molecular weight excluding hydrogens is 329 g/mol. The molecule has 126 valence electrons. The molecule has 0 atom stereocenters. The zero-order chi connectivity index (χ0) is 18.1. The average Bonchev–Trinajstić information content (AvgIpc) is 2.49. The minimum Gasteiger partial charge on any atom is -0.382 e. The predicted molar refractivity (Wildman–Crippen MR) is 77.4 cm³/mol. The van der Waals surface area contributed by atoms with E-state index in [1.807, 2.05) is 0 Å². The topological polar surface area (TPSA) is 105 Å². The van der Waals surface area contributed by atoms with E-state index in [0.717, 1.165) is 31.3 Å². The summed E-state index contributed by atoms with van der Waals surface area (Å²) in [5.74, 6) is -2.17. The van der Waals surface area contributed by atoms with E-state index in [4.69, 9.17) is 5.73 Å². The number of nitrogens with two attached hydrogens (primary N) is 1. The molecule has 0 spiro atoms. The van der Waals surface area contributed by atoms with Gasteiger partial charge in [0.15, 0.2) is 11.5 Å². The van der Waals surface area contributed by atoms with Gasteiger partial charge in [-0.25, -0.2) is 9.79 Å². The number of benzene rings is 1. The van der Waals surface area contributed by atoms with Gasteiger partial charge in [0, 0.05) is 7.05 Å². The van der Waals surface area contributed by atoms with Crippen LogP contribution in [0.2, 0.25) is 0 Å². The molecule has 7 nitrogen and oxygen atoms in total. The Labute approximate surface area is 133 Å². The van der Waals surface area contributed by atoms with Gasteiger partial charge in [0.2, 0.25) is 0 Å². The molecule has 0 saturated carbocycles. The number of imide groups is 1. The van der Waals surface area contributed by atoms with E-state index in [1.54, 1.807) is 0 Å². The summed E-state index contributed by atoms with van der Waals surface area (Å²) < 4.78 is 37.4.